The number of urea groups is 1. The van der Waals surface area contributed by atoms with Crippen molar-refractivity contribution >= 4 is 15.9 Å². The lowest BCUT2D eigenvalue weighted by atomic mass is 10.1. The predicted molar refractivity (Wildman–Crippen MR) is 78.2 cm³/mol. The Bertz CT molecular complexity index is 584. The average molecular weight is 296 g/mol. The Morgan fingerprint density at radius 2 is 2.05 bits per heavy atom. The van der Waals surface area contributed by atoms with Crippen molar-refractivity contribution in [2.75, 3.05) is 18.1 Å². The molecule has 1 aromatic rings. The van der Waals surface area contributed by atoms with E-state index in [1.54, 1.807) is 0 Å². The van der Waals surface area contributed by atoms with Gasteiger partial charge in [-0.25, -0.2) is 13.2 Å². The summed E-state index contributed by atoms with van der Waals surface area (Å²) in [7, 11) is -2.88. The standard InChI is InChI=1S/C14H20N2O3S/c1-11-4-2-3-5-13(11)9-16-14(17)15-8-12-6-7-20(18,19)10-12/h2-5,12H,6-10H2,1H3,(H2,15,16,17). The zero-order chi connectivity index (χ0) is 14.6. The van der Waals surface area contributed by atoms with Crippen LogP contribution in [0.25, 0.3) is 0 Å². The number of carbonyl (C=O) groups excluding carboxylic acids is 1. The van der Waals surface area contributed by atoms with Crippen molar-refractivity contribution in [1.82, 2.24) is 10.6 Å². The van der Waals surface area contributed by atoms with Crippen LogP contribution in [0.4, 0.5) is 4.79 Å². The van der Waals surface area contributed by atoms with Gasteiger partial charge >= 0.3 is 6.03 Å². The van der Waals surface area contributed by atoms with E-state index in [-0.39, 0.29) is 23.5 Å². The summed E-state index contributed by atoms with van der Waals surface area (Å²) in [6.07, 6.45) is 0.639. The van der Waals surface area contributed by atoms with Crippen LogP contribution in [-0.4, -0.2) is 32.5 Å². The van der Waals surface area contributed by atoms with E-state index >= 15 is 0 Å². The number of rotatable bonds is 4. The Hall–Kier alpha value is -1.56. The normalized spacial score (nSPS) is 20.6. The van der Waals surface area contributed by atoms with Gasteiger partial charge in [0, 0.05) is 13.1 Å². The van der Waals surface area contributed by atoms with Gasteiger partial charge in [0.25, 0.3) is 0 Å². The minimum atomic E-state index is -2.88. The number of sulfone groups is 1. The molecule has 0 bridgehead atoms. The Kier molecular flexibility index (Phi) is 4.65. The lowest BCUT2D eigenvalue weighted by Crippen LogP contribution is -2.38. The Balaban J connectivity index is 1.73. The van der Waals surface area contributed by atoms with E-state index in [1.165, 1.54) is 0 Å². The molecule has 0 spiro atoms. The molecule has 0 saturated carbocycles. The molecular formula is C14H20N2O3S. The average Bonchev–Trinajstić information content (AvgIpc) is 2.75. The van der Waals surface area contributed by atoms with E-state index in [2.05, 4.69) is 10.6 Å². The van der Waals surface area contributed by atoms with E-state index in [4.69, 9.17) is 0 Å². The molecule has 1 saturated heterocycles. The first kappa shape index (κ1) is 14.8. The van der Waals surface area contributed by atoms with Crippen LogP contribution in [0.5, 0.6) is 0 Å². The number of hydrogen-bond donors (Lipinski definition) is 2. The third-order valence-corrected chi connectivity index (χ3v) is 5.42. The largest absolute Gasteiger partial charge is 0.338 e. The van der Waals surface area contributed by atoms with Crippen molar-refractivity contribution < 1.29 is 13.2 Å². The second-order valence-electron chi connectivity index (χ2n) is 5.26. The zero-order valence-electron chi connectivity index (χ0n) is 11.6. The van der Waals surface area contributed by atoms with Gasteiger partial charge in [-0.2, -0.15) is 0 Å². The van der Waals surface area contributed by atoms with Crippen molar-refractivity contribution in [2.24, 2.45) is 5.92 Å². The molecule has 1 fully saturated rings. The van der Waals surface area contributed by atoms with Crippen LogP contribution in [0, 0.1) is 12.8 Å². The van der Waals surface area contributed by atoms with Gasteiger partial charge in [0.15, 0.2) is 9.84 Å². The Labute approximate surface area is 119 Å². The highest BCUT2D eigenvalue weighted by molar-refractivity contribution is 7.91. The number of nitrogens with one attached hydrogen (secondary N) is 2. The summed E-state index contributed by atoms with van der Waals surface area (Å²) in [6.45, 7) is 2.89. The van der Waals surface area contributed by atoms with Crippen LogP contribution in [0.3, 0.4) is 0 Å². The minimum absolute atomic E-state index is 0.0456. The zero-order valence-corrected chi connectivity index (χ0v) is 12.4. The van der Waals surface area contributed by atoms with Crippen LogP contribution in [0.15, 0.2) is 24.3 Å². The van der Waals surface area contributed by atoms with Crippen LogP contribution in [0.1, 0.15) is 17.5 Å². The van der Waals surface area contributed by atoms with Crippen LogP contribution in [-0.2, 0) is 16.4 Å². The highest BCUT2D eigenvalue weighted by Gasteiger charge is 2.27. The van der Waals surface area contributed by atoms with Gasteiger partial charge in [0.05, 0.1) is 11.5 Å². The molecule has 5 nitrogen and oxygen atoms in total. The SMILES string of the molecule is Cc1ccccc1CNC(=O)NCC1CCS(=O)(=O)C1. The van der Waals surface area contributed by atoms with Gasteiger partial charge in [0.2, 0.25) is 0 Å². The summed E-state index contributed by atoms with van der Waals surface area (Å²) in [5.74, 6) is 0.471. The van der Waals surface area contributed by atoms with Crippen LogP contribution in [0.2, 0.25) is 0 Å². The van der Waals surface area contributed by atoms with Crippen LogP contribution >= 0.6 is 0 Å². The lowest BCUT2D eigenvalue weighted by molar-refractivity contribution is 0.239. The molecule has 1 aliphatic rings. The predicted octanol–water partition coefficient (Wildman–Crippen LogP) is 1.23. The minimum Gasteiger partial charge on any atom is -0.338 e. The third-order valence-electron chi connectivity index (χ3n) is 3.58. The molecule has 2 N–H and O–H groups in total. The summed E-state index contributed by atoms with van der Waals surface area (Å²) in [5, 5.41) is 5.52. The summed E-state index contributed by atoms with van der Waals surface area (Å²) >= 11 is 0. The molecule has 1 heterocycles. The van der Waals surface area contributed by atoms with Crippen molar-refractivity contribution in [3.05, 3.63) is 35.4 Å². The first-order valence-corrected chi connectivity index (χ1v) is 8.55. The fraction of sp³-hybridized carbons (Fsp3) is 0.500. The summed E-state index contributed by atoms with van der Waals surface area (Å²) in [5.41, 5.74) is 2.21. The van der Waals surface area contributed by atoms with Gasteiger partial charge < -0.3 is 10.6 Å². The quantitative estimate of drug-likeness (QED) is 0.877. The van der Waals surface area contributed by atoms with Gasteiger partial charge in [-0.1, -0.05) is 24.3 Å². The number of carbonyl (C=O) groups is 1. The maximum atomic E-state index is 11.7. The molecular weight excluding hydrogens is 276 g/mol. The first-order chi connectivity index (χ1) is 9.46. The number of amides is 2. The molecule has 2 amide bonds. The maximum Gasteiger partial charge on any atom is 0.315 e. The molecule has 1 aromatic carbocycles. The van der Waals surface area contributed by atoms with E-state index in [9.17, 15) is 13.2 Å². The summed E-state index contributed by atoms with van der Waals surface area (Å²) in [4.78, 5) is 11.7. The topological polar surface area (TPSA) is 75.3 Å². The van der Waals surface area contributed by atoms with Crippen molar-refractivity contribution in [2.45, 2.75) is 19.9 Å². The monoisotopic (exact) mass is 296 g/mol. The molecule has 0 radical (unpaired) electrons. The molecule has 6 heteroatoms. The van der Waals surface area contributed by atoms with Crippen molar-refractivity contribution in [3.63, 3.8) is 0 Å². The Morgan fingerprint density at radius 3 is 2.70 bits per heavy atom. The summed E-state index contributed by atoms with van der Waals surface area (Å²) < 4.78 is 22.6. The van der Waals surface area contributed by atoms with Gasteiger partial charge in [-0.05, 0) is 30.4 Å². The molecule has 110 valence electrons. The first-order valence-electron chi connectivity index (χ1n) is 6.73. The van der Waals surface area contributed by atoms with Gasteiger partial charge in [-0.15, -0.1) is 0 Å². The van der Waals surface area contributed by atoms with E-state index in [1.807, 2.05) is 31.2 Å². The molecule has 0 aliphatic carbocycles. The second kappa shape index (κ2) is 6.26. The molecule has 2 rings (SSSR count). The molecule has 1 aliphatic heterocycles. The fourth-order valence-electron chi connectivity index (χ4n) is 2.32. The van der Waals surface area contributed by atoms with Gasteiger partial charge in [0.1, 0.15) is 0 Å². The highest BCUT2D eigenvalue weighted by Crippen LogP contribution is 2.17. The van der Waals surface area contributed by atoms with E-state index in [0.29, 0.717) is 19.5 Å². The number of benzene rings is 1. The fourth-order valence-corrected chi connectivity index (χ4v) is 4.18. The van der Waals surface area contributed by atoms with Crippen LogP contribution < -0.4 is 10.6 Å². The lowest BCUT2D eigenvalue weighted by Gasteiger charge is -2.11. The third kappa shape index (κ3) is 4.23. The maximum absolute atomic E-state index is 11.7. The molecule has 1 unspecified atom stereocenters. The molecule has 1 atom stereocenters. The van der Waals surface area contributed by atoms with E-state index < -0.39 is 9.84 Å². The van der Waals surface area contributed by atoms with Crippen molar-refractivity contribution in [1.29, 1.82) is 0 Å². The van der Waals surface area contributed by atoms with E-state index in [0.717, 1.165) is 11.1 Å². The number of aryl methyl sites for hydroxylation is 1. The summed E-state index contributed by atoms with van der Waals surface area (Å²) in [6, 6.07) is 7.61. The number of hydrogen-bond acceptors (Lipinski definition) is 3. The highest BCUT2D eigenvalue weighted by atomic mass is 32.2. The molecule has 0 aromatic heterocycles. The molecule has 20 heavy (non-hydrogen) atoms. The second-order valence-corrected chi connectivity index (χ2v) is 7.49. The van der Waals surface area contributed by atoms with Crippen molar-refractivity contribution in [3.8, 4) is 0 Å². The van der Waals surface area contributed by atoms with Gasteiger partial charge in [-0.3, -0.25) is 0 Å². The smallest absolute Gasteiger partial charge is 0.315 e. The Morgan fingerprint density at radius 1 is 1.30 bits per heavy atom.